The van der Waals surface area contributed by atoms with Crippen molar-refractivity contribution in [2.75, 3.05) is 4.72 Å². The minimum Gasteiger partial charge on any atom is -0.294 e. The quantitative estimate of drug-likeness (QED) is 0.853. The van der Waals surface area contributed by atoms with Gasteiger partial charge in [0.25, 0.3) is 0 Å². The van der Waals surface area contributed by atoms with Crippen molar-refractivity contribution in [1.29, 1.82) is 0 Å². The Morgan fingerprint density at radius 2 is 1.76 bits per heavy atom. The average Bonchev–Trinajstić information content (AvgIpc) is 2.15. The highest BCUT2D eigenvalue weighted by molar-refractivity contribution is 7.93. The Morgan fingerprint density at radius 1 is 1.24 bits per heavy atom. The molecule has 0 bridgehead atoms. The second-order valence-electron chi connectivity index (χ2n) is 3.15. The second kappa shape index (κ2) is 4.36. The highest BCUT2D eigenvalue weighted by Gasteiger charge is 2.46. The molecule has 0 aromatic heterocycles. The number of ketones is 1. The molecule has 0 fully saturated rings. The molecular weight excluding hydrogens is 259 g/mol. The van der Waals surface area contributed by atoms with Crippen molar-refractivity contribution in [3.63, 3.8) is 0 Å². The molecule has 0 aliphatic heterocycles. The Labute approximate surface area is 95.5 Å². The van der Waals surface area contributed by atoms with Crippen LogP contribution < -0.4 is 4.72 Å². The van der Waals surface area contributed by atoms with Gasteiger partial charge in [0.05, 0.1) is 5.69 Å². The van der Waals surface area contributed by atoms with Crippen molar-refractivity contribution in [2.24, 2.45) is 0 Å². The third-order valence-electron chi connectivity index (χ3n) is 1.86. The summed E-state index contributed by atoms with van der Waals surface area (Å²) in [7, 11) is -5.51. The third-order valence-corrected chi connectivity index (χ3v) is 2.95. The molecule has 0 atom stereocenters. The molecule has 0 saturated carbocycles. The molecule has 4 nitrogen and oxygen atoms in total. The smallest absolute Gasteiger partial charge is 0.294 e. The number of rotatable bonds is 3. The van der Waals surface area contributed by atoms with E-state index in [9.17, 15) is 26.4 Å². The second-order valence-corrected chi connectivity index (χ2v) is 4.83. The zero-order valence-electron chi connectivity index (χ0n) is 8.58. The van der Waals surface area contributed by atoms with E-state index in [0.29, 0.717) is 0 Å². The largest absolute Gasteiger partial charge is 0.516 e. The molecule has 17 heavy (non-hydrogen) atoms. The third kappa shape index (κ3) is 2.96. The van der Waals surface area contributed by atoms with Gasteiger partial charge in [-0.15, -0.1) is 0 Å². The van der Waals surface area contributed by atoms with Crippen molar-refractivity contribution in [2.45, 2.75) is 12.4 Å². The molecule has 1 aromatic rings. The van der Waals surface area contributed by atoms with Crippen molar-refractivity contribution < 1.29 is 26.4 Å². The van der Waals surface area contributed by atoms with Crippen LogP contribution in [0.4, 0.5) is 18.9 Å². The lowest BCUT2D eigenvalue weighted by Crippen LogP contribution is -2.30. The number of para-hydroxylation sites is 1. The fraction of sp³-hybridized carbons (Fsp3) is 0.222. The number of nitrogens with one attached hydrogen (secondary N) is 1. The standard InChI is InChI=1S/C9H8F3NO3S/c1-6(14)7-4-2-3-5-8(7)13-17(15,16)9(10,11)12/h2-5,13H,1H3. The van der Waals surface area contributed by atoms with Gasteiger partial charge < -0.3 is 0 Å². The minimum atomic E-state index is -5.51. The van der Waals surface area contributed by atoms with Gasteiger partial charge in [-0.3, -0.25) is 9.52 Å². The van der Waals surface area contributed by atoms with Gasteiger partial charge in [0, 0.05) is 5.56 Å². The van der Waals surface area contributed by atoms with E-state index in [1.165, 1.54) is 22.9 Å². The van der Waals surface area contributed by atoms with Crippen LogP contribution in [-0.4, -0.2) is 19.7 Å². The lowest BCUT2D eigenvalue weighted by atomic mass is 10.1. The number of hydrogen-bond donors (Lipinski definition) is 1. The summed E-state index contributed by atoms with van der Waals surface area (Å²) in [5, 5.41) is 0. The van der Waals surface area contributed by atoms with Crippen molar-refractivity contribution >= 4 is 21.5 Å². The Hall–Kier alpha value is -1.57. The summed E-state index contributed by atoms with van der Waals surface area (Å²) in [5.41, 5.74) is -5.94. The van der Waals surface area contributed by atoms with Gasteiger partial charge in [0.2, 0.25) is 0 Å². The van der Waals surface area contributed by atoms with E-state index in [1.807, 2.05) is 0 Å². The van der Waals surface area contributed by atoms with Crippen LogP contribution >= 0.6 is 0 Å². The zero-order valence-corrected chi connectivity index (χ0v) is 9.39. The van der Waals surface area contributed by atoms with Gasteiger partial charge in [-0.2, -0.15) is 21.6 Å². The highest BCUT2D eigenvalue weighted by atomic mass is 32.2. The van der Waals surface area contributed by atoms with Gasteiger partial charge in [-0.05, 0) is 19.1 Å². The van der Waals surface area contributed by atoms with E-state index in [2.05, 4.69) is 0 Å². The summed E-state index contributed by atoms with van der Waals surface area (Å²) in [5.74, 6) is -0.537. The summed E-state index contributed by atoms with van der Waals surface area (Å²) in [6.45, 7) is 1.13. The Balaban J connectivity index is 3.18. The summed E-state index contributed by atoms with van der Waals surface area (Å²) in [6.07, 6.45) is 0. The van der Waals surface area contributed by atoms with E-state index >= 15 is 0 Å². The van der Waals surface area contributed by atoms with E-state index < -0.39 is 27.0 Å². The first-order valence-corrected chi connectivity index (χ1v) is 5.82. The Morgan fingerprint density at radius 3 is 2.24 bits per heavy atom. The minimum absolute atomic E-state index is 0.125. The number of benzene rings is 1. The molecule has 1 rings (SSSR count). The highest BCUT2D eigenvalue weighted by Crippen LogP contribution is 2.26. The molecule has 1 N–H and O–H groups in total. The van der Waals surface area contributed by atoms with Crippen molar-refractivity contribution in [3.05, 3.63) is 29.8 Å². The lowest BCUT2D eigenvalue weighted by molar-refractivity contribution is -0.0429. The van der Waals surface area contributed by atoms with Gasteiger partial charge in [-0.25, -0.2) is 0 Å². The molecular formula is C9H8F3NO3S. The van der Waals surface area contributed by atoms with Gasteiger partial charge in [-0.1, -0.05) is 12.1 Å². The maximum absolute atomic E-state index is 12.1. The number of hydrogen-bond acceptors (Lipinski definition) is 3. The molecule has 0 aliphatic rings. The first-order chi connectivity index (χ1) is 7.65. The molecule has 0 spiro atoms. The summed E-state index contributed by atoms with van der Waals surface area (Å²) in [4.78, 5) is 11.1. The first-order valence-electron chi connectivity index (χ1n) is 4.34. The first kappa shape index (κ1) is 13.5. The molecule has 0 aliphatic carbocycles. The number of halogens is 3. The summed E-state index contributed by atoms with van der Waals surface area (Å²) >= 11 is 0. The maximum atomic E-state index is 12.1. The van der Waals surface area contributed by atoms with Crippen LogP contribution in [0.2, 0.25) is 0 Å². The summed E-state index contributed by atoms with van der Waals surface area (Å²) in [6, 6.07) is 5.05. The lowest BCUT2D eigenvalue weighted by Gasteiger charge is -2.12. The number of carbonyl (C=O) groups is 1. The van der Waals surface area contributed by atoms with Gasteiger partial charge in [0.1, 0.15) is 0 Å². The van der Waals surface area contributed by atoms with Crippen LogP contribution in [-0.2, 0) is 10.0 Å². The van der Waals surface area contributed by atoms with Crippen LogP contribution in [0.5, 0.6) is 0 Å². The number of Topliss-reactive ketones (excluding diaryl/α,β-unsaturated/α-hetero) is 1. The van der Waals surface area contributed by atoms with E-state index in [-0.39, 0.29) is 5.56 Å². The molecule has 0 unspecified atom stereocenters. The monoisotopic (exact) mass is 267 g/mol. The number of alkyl halides is 3. The van der Waals surface area contributed by atoms with Gasteiger partial charge in [0.15, 0.2) is 5.78 Å². The maximum Gasteiger partial charge on any atom is 0.516 e. The number of anilines is 1. The summed E-state index contributed by atoms with van der Waals surface area (Å²) < 4.78 is 59.4. The SMILES string of the molecule is CC(=O)c1ccccc1NS(=O)(=O)C(F)(F)F. The molecule has 0 saturated heterocycles. The van der Waals surface area contributed by atoms with Crippen LogP contribution in [0, 0.1) is 0 Å². The Kier molecular flexibility index (Phi) is 3.46. The number of sulfonamides is 1. The van der Waals surface area contributed by atoms with Gasteiger partial charge >= 0.3 is 15.5 Å². The molecule has 94 valence electrons. The van der Waals surface area contributed by atoms with Crippen molar-refractivity contribution in [1.82, 2.24) is 0 Å². The molecule has 1 aromatic carbocycles. The molecule has 0 radical (unpaired) electrons. The molecule has 8 heteroatoms. The predicted octanol–water partition coefficient (Wildman–Crippen LogP) is 2.15. The predicted molar refractivity (Wildman–Crippen MR) is 55.0 cm³/mol. The van der Waals surface area contributed by atoms with Crippen LogP contribution in [0.1, 0.15) is 17.3 Å². The van der Waals surface area contributed by atoms with Crippen molar-refractivity contribution in [3.8, 4) is 0 Å². The van der Waals surface area contributed by atoms with E-state index in [1.54, 1.807) is 0 Å². The number of carbonyl (C=O) groups excluding carboxylic acids is 1. The van der Waals surface area contributed by atoms with Crippen LogP contribution in [0.15, 0.2) is 24.3 Å². The normalized spacial score (nSPS) is 12.2. The topological polar surface area (TPSA) is 63.2 Å². The Bertz CT molecular complexity index is 537. The fourth-order valence-electron chi connectivity index (χ4n) is 1.08. The molecule has 0 heterocycles. The van der Waals surface area contributed by atoms with Crippen LogP contribution in [0.25, 0.3) is 0 Å². The van der Waals surface area contributed by atoms with Crippen LogP contribution in [0.3, 0.4) is 0 Å². The average molecular weight is 267 g/mol. The van der Waals surface area contributed by atoms with E-state index in [0.717, 1.165) is 13.0 Å². The zero-order chi connectivity index (χ0) is 13.3. The molecule has 0 amide bonds. The fourth-order valence-corrected chi connectivity index (χ4v) is 1.66. The van der Waals surface area contributed by atoms with E-state index in [4.69, 9.17) is 0 Å².